The van der Waals surface area contributed by atoms with Crippen molar-refractivity contribution < 1.29 is 0 Å². The third kappa shape index (κ3) is 4.88. The van der Waals surface area contributed by atoms with Gasteiger partial charge in [0.2, 0.25) is 5.95 Å². The molecule has 0 N–H and O–H groups in total. The van der Waals surface area contributed by atoms with Crippen molar-refractivity contribution in [3.05, 3.63) is 65.2 Å². The number of likely N-dealkylation sites (tertiary alicyclic amines) is 1. The van der Waals surface area contributed by atoms with E-state index in [0.29, 0.717) is 11.6 Å². The van der Waals surface area contributed by atoms with Crippen LogP contribution in [0.5, 0.6) is 0 Å². The Morgan fingerprint density at radius 1 is 1.07 bits per heavy atom. The maximum atomic E-state index is 12.5. The molecule has 3 aromatic heterocycles. The third-order valence-corrected chi connectivity index (χ3v) is 5.52. The van der Waals surface area contributed by atoms with E-state index in [1.54, 1.807) is 29.4 Å². The number of piperidine rings is 1. The molecule has 0 unspecified atom stereocenters. The second-order valence-electron chi connectivity index (χ2n) is 8.01. The summed E-state index contributed by atoms with van der Waals surface area (Å²) in [5.74, 6) is 1.21. The van der Waals surface area contributed by atoms with Gasteiger partial charge >= 0.3 is 0 Å². The van der Waals surface area contributed by atoms with Crippen molar-refractivity contribution in [3.8, 4) is 11.3 Å². The molecule has 0 bridgehead atoms. The predicted molar refractivity (Wildman–Crippen MR) is 116 cm³/mol. The average Bonchev–Trinajstić information content (AvgIpc) is 2.77. The molecule has 0 amide bonds. The Hall–Kier alpha value is -3.13. The van der Waals surface area contributed by atoms with Crippen molar-refractivity contribution in [2.24, 2.45) is 5.92 Å². The lowest BCUT2D eigenvalue weighted by Crippen LogP contribution is -2.36. The SMILES string of the molecule is CN(C)c1ncc(CN2CCC(Cn3cnc(-c4ccncc4)cc3=O)CC2)cn1. The van der Waals surface area contributed by atoms with E-state index in [-0.39, 0.29) is 5.56 Å². The van der Waals surface area contributed by atoms with Crippen LogP contribution in [0.4, 0.5) is 5.95 Å². The molecule has 30 heavy (non-hydrogen) atoms. The van der Waals surface area contributed by atoms with E-state index in [9.17, 15) is 4.79 Å². The number of nitrogens with zero attached hydrogens (tertiary/aromatic N) is 7. The fourth-order valence-electron chi connectivity index (χ4n) is 3.77. The minimum absolute atomic E-state index is 0.00243. The Morgan fingerprint density at radius 3 is 2.40 bits per heavy atom. The van der Waals surface area contributed by atoms with E-state index < -0.39 is 0 Å². The van der Waals surface area contributed by atoms with Gasteiger partial charge in [0.25, 0.3) is 5.56 Å². The smallest absolute Gasteiger partial charge is 0.253 e. The van der Waals surface area contributed by atoms with Gasteiger partial charge in [-0.2, -0.15) is 0 Å². The van der Waals surface area contributed by atoms with Gasteiger partial charge in [0.1, 0.15) is 0 Å². The van der Waals surface area contributed by atoms with E-state index in [4.69, 9.17) is 0 Å². The van der Waals surface area contributed by atoms with E-state index in [1.807, 2.05) is 43.5 Å². The van der Waals surface area contributed by atoms with Gasteiger partial charge in [0.05, 0.1) is 12.0 Å². The van der Waals surface area contributed by atoms with Gasteiger partial charge in [0.15, 0.2) is 0 Å². The molecule has 0 atom stereocenters. The van der Waals surface area contributed by atoms with Gasteiger partial charge in [-0.15, -0.1) is 0 Å². The monoisotopic (exact) mass is 405 g/mol. The summed E-state index contributed by atoms with van der Waals surface area (Å²) in [6.07, 6.45) is 11.0. The molecule has 1 aliphatic heterocycles. The first kappa shape index (κ1) is 20.2. The maximum Gasteiger partial charge on any atom is 0.253 e. The number of hydrogen-bond acceptors (Lipinski definition) is 7. The van der Waals surface area contributed by atoms with Crippen molar-refractivity contribution >= 4 is 5.95 Å². The number of pyridine rings is 1. The second kappa shape index (κ2) is 9.13. The zero-order valence-corrected chi connectivity index (χ0v) is 17.5. The molecule has 8 nitrogen and oxygen atoms in total. The van der Waals surface area contributed by atoms with Crippen molar-refractivity contribution in [2.45, 2.75) is 25.9 Å². The first-order chi connectivity index (χ1) is 14.6. The Labute approximate surface area is 176 Å². The van der Waals surface area contributed by atoms with Crippen LogP contribution >= 0.6 is 0 Å². The Bertz CT molecular complexity index is 1010. The fraction of sp³-hybridized carbons (Fsp3) is 0.409. The molecule has 1 fully saturated rings. The highest BCUT2D eigenvalue weighted by molar-refractivity contribution is 5.57. The molecule has 0 spiro atoms. The molecule has 8 heteroatoms. The fourth-order valence-corrected chi connectivity index (χ4v) is 3.77. The number of aromatic nitrogens is 5. The summed E-state index contributed by atoms with van der Waals surface area (Å²) in [5, 5.41) is 0. The summed E-state index contributed by atoms with van der Waals surface area (Å²) in [7, 11) is 3.88. The second-order valence-corrected chi connectivity index (χ2v) is 8.01. The number of hydrogen-bond donors (Lipinski definition) is 0. The van der Waals surface area contributed by atoms with E-state index >= 15 is 0 Å². The molecule has 0 radical (unpaired) electrons. The van der Waals surface area contributed by atoms with Crippen LogP contribution in [-0.2, 0) is 13.1 Å². The van der Waals surface area contributed by atoms with Crippen LogP contribution < -0.4 is 10.5 Å². The first-order valence-electron chi connectivity index (χ1n) is 10.3. The van der Waals surface area contributed by atoms with Gasteiger partial charge < -0.3 is 4.90 Å². The Balaban J connectivity index is 1.31. The van der Waals surface area contributed by atoms with Gasteiger partial charge in [-0.1, -0.05) is 0 Å². The average molecular weight is 406 g/mol. The molecule has 4 rings (SSSR count). The van der Waals surface area contributed by atoms with Crippen LogP contribution in [0.25, 0.3) is 11.3 Å². The maximum absolute atomic E-state index is 12.5. The lowest BCUT2D eigenvalue weighted by molar-refractivity contribution is 0.166. The normalized spacial score (nSPS) is 15.3. The standard InChI is InChI=1S/C22H27N7O/c1-27(2)22-24-12-18(13-25-22)14-28-9-5-17(6-10-28)15-29-16-26-20(11-21(29)30)19-3-7-23-8-4-19/h3-4,7-8,11-13,16-17H,5-6,9-10,14-15H2,1-2H3. The predicted octanol–water partition coefficient (Wildman–Crippen LogP) is 2.07. The quantitative estimate of drug-likeness (QED) is 0.621. The van der Waals surface area contributed by atoms with E-state index in [0.717, 1.165) is 56.1 Å². The molecule has 1 saturated heterocycles. The zero-order chi connectivity index (χ0) is 20.9. The first-order valence-corrected chi connectivity index (χ1v) is 10.3. The summed E-state index contributed by atoms with van der Waals surface area (Å²) in [6, 6.07) is 5.34. The van der Waals surface area contributed by atoms with Crippen LogP contribution in [0.1, 0.15) is 18.4 Å². The third-order valence-electron chi connectivity index (χ3n) is 5.52. The van der Waals surface area contributed by atoms with Crippen LogP contribution in [-0.4, -0.2) is 56.6 Å². The number of anilines is 1. The molecule has 0 aromatic carbocycles. The summed E-state index contributed by atoms with van der Waals surface area (Å²) in [6.45, 7) is 3.61. The highest BCUT2D eigenvalue weighted by Crippen LogP contribution is 2.20. The van der Waals surface area contributed by atoms with Gasteiger partial charge in [-0.05, 0) is 44.0 Å². The molecule has 3 aromatic rings. The molecule has 0 saturated carbocycles. The van der Waals surface area contributed by atoms with E-state index in [2.05, 4.69) is 24.8 Å². The molecule has 4 heterocycles. The summed E-state index contributed by atoms with van der Waals surface area (Å²) in [5.41, 5.74) is 2.73. The zero-order valence-electron chi connectivity index (χ0n) is 17.5. The van der Waals surface area contributed by atoms with Crippen LogP contribution in [0, 0.1) is 5.92 Å². The van der Waals surface area contributed by atoms with Crippen molar-refractivity contribution in [1.82, 2.24) is 29.4 Å². The van der Waals surface area contributed by atoms with Gasteiger partial charge in [-0.25, -0.2) is 15.0 Å². The molecular weight excluding hydrogens is 378 g/mol. The molecule has 1 aliphatic rings. The van der Waals surface area contributed by atoms with Crippen LogP contribution in [0.2, 0.25) is 0 Å². The lowest BCUT2D eigenvalue weighted by atomic mass is 9.96. The van der Waals surface area contributed by atoms with Gasteiger partial charge in [0, 0.05) is 69.2 Å². The largest absolute Gasteiger partial charge is 0.347 e. The minimum atomic E-state index is -0.00243. The molecule has 156 valence electrons. The Kier molecular flexibility index (Phi) is 6.13. The van der Waals surface area contributed by atoms with E-state index in [1.165, 1.54) is 0 Å². The molecular formula is C22H27N7O. The van der Waals surface area contributed by atoms with Crippen molar-refractivity contribution in [1.29, 1.82) is 0 Å². The Morgan fingerprint density at radius 2 is 1.77 bits per heavy atom. The van der Waals surface area contributed by atoms with Crippen LogP contribution in [0.3, 0.4) is 0 Å². The lowest BCUT2D eigenvalue weighted by Gasteiger charge is -2.32. The highest BCUT2D eigenvalue weighted by Gasteiger charge is 2.20. The summed E-state index contributed by atoms with van der Waals surface area (Å²) >= 11 is 0. The number of rotatable bonds is 6. The van der Waals surface area contributed by atoms with Crippen LogP contribution in [0.15, 0.2) is 54.1 Å². The van der Waals surface area contributed by atoms with Gasteiger partial charge in [-0.3, -0.25) is 19.2 Å². The summed E-state index contributed by atoms with van der Waals surface area (Å²) in [4.78, 5) is 34.1. The van der Waals surface area contributed by atoms with Crippen molar-refractivity contribution in [3.63, 3.8) is 0 Å². The molecule has 0 aliphatic carbocycles. The summed E-state index contributed by atoms with van der Waals surface area (Å²) < 4.78 is 1.73. The van der Waals surface area contributed by atoms with Crippen molar-refractivity contribution in [2.75, 3.05) is 32.1 Å². The highest BCUT2D eigenvalue weighted by atomic mass is 16.1. The topological polar surface area (TPSA) is 80.0 Å². The minimum Gasteiger partial charge on any atom is -0.347 e.